The second-order valence-electron chi connectivity index (χ2n) is 5.64. The van der Waals surface area contributed by atoms with E-state index in [4.69, 9.17) is 25.8 Å². The van der Waals surface area contributed by atoms with Crippen LogP contribution in [-0.4, -0.2) is 38.2 Å². The van der Waals surface area contributed by atoms with Crippen LogP contribution in [0.1, 0.15) is 22.8 Å². The first kappa shape index (κ1) is 21.2. The molecule has 2 aromatic rings. The molecule has 0 spiro atoms. The topological polar surface area (TPSA) is 90.9 Å². The highest BCUT2D eigenvalue weighted by Crippen LogP contribution is 2.23. The van der Waals surface area contributed by atoms with Crippen molar-refractivity contribution in [2.24, 2.45) is 0 Å². The largest absolute Gasteiger partial charge is 0.496 e. The van der Waals surface area contributed by atoms with Crippen LogP contribution >= 0.6 is 11.6 Å². The summed E-state index contributed by atoms with van der Waals surface area (Å²) in [5.41, 5.74) is 1.40. The van der Waals surface area contributed by atoms with Gasteiger partial charge in [-0.2, -0.15) is 0 Å². The van der Waals surface area contributed by atoms with Crippen LogP contribution in [0.15, 0.2) is 42.5 Å². The van der Waals surface area contributed by atoms with Crippen LogP contribution in [0, 0.1) is 0 Å². The van der Waals surface area contributed by atoms with Crippen molar-refractivity contribution >= 4 is 35.1 Å². The fourth-order valence-corrected chi connectivity index (χ4v) is 2.53. The number of ether oxygens (including phenoxy) is 3. The number of hydrogen-bond acceptors (Lipinski definition) is 6. The number of anilines is 1. The highest BCUT2D eigenvalue weighted by molar-refractivity contribution is 6.30. The molecule has 0 unspecified atom stereocenters. The van der Waals surface area contributed by atoms with E-state index in [1.165, 1.54) is 19.2 Å². The Hall–Kier alpha value is -3.06. The molecular weight excluding hydrogens is 386 g/mol. The van der Waals surface area contributed by atoms with Crippen molar-refractivity contribution in [2.75, 3.05) is 25.6 Å². The molecule has 0 aliphatic rings. The van der Waals surface area contributed by atoms with Crippen molar-refractivity contribution in [1.82, 2.24) is 0 Å². The zero-order chi connectivity index (χ0) is 20.5. The number of benzene rings is 2. The average Bonchev–Trinajstić information content (AvgIpc) is 2.67. The summed E-state index contributed by atoms with van der Waals surface area (Å²) in [6.45, 7) is 1.56. The molecule has 0 aliphatic heterocycles. The molecule has 0 bridgehead atoms. The van der Waals surface area contributed by atoms with Gasteiger partial charge in [0.2, 0.25) is 0 Å². The van der Waals surface area contributed by atoms with E-state index in [0.29, 0.717) is 27.6 Å². The Morgan fingerprint density at radius 1 is 1.04 bits per heavy atom. The standard InChI is InChI=1S/C20H20ClNO6/c1-3-27-20(25)13-4-7-16(8-5-13)22-18(23)12-28-19(24)11-14-10-15(21)6-9-17(14)26-2/h4-10H,3,11-12H2,1-2H3,(H,22,23). The highest BCUT2D eigenvalue weighted by atomic mass is 35.5. The first-order valence-electron chi connectivity index (χ1n) is 8.48. The monoisotopic (exact) mass is 405 g/mol. The second kappa shape index (κ2) is 10.3. The summed E-state index contributed by atoms with van der Waals surface area (Å²) < 4.78 is 15.0. The van der Waals surface area contributed by atoms with Crippen LogP contribution in [0.3, 0.4) is 0 Å². The van der Waals surface area contributed by atoms with Gasteiger partial charge in [0.1, 0.15) is 5.75 Å². The number of hydrogen-bond donors (Lipinski definition) is 1. The summed E-state index contributed by atoms with van der Waals surface area (Å²) in [5.74, 6) is -1.03. The Morgan fingerprint density at radius 2 is 1.75 bits per heavy atom. The molecule has 0 atom stereocenters. The van der Waals surface area contributed by atoms with Crippen LogP contribution in [-0.2, 0) is 25.5 Å². The van der Waals surface area contributed by atoms with Gasteiger partial charge in [-0.05, 0) is 49.4 Å². The Kier molecular flexibility index (Phi) is 7.83. The maximum Gasteiger partial charge on any atom is 0.338 e. The molecular formula is C20H20ClNO6. The van der Waals surface area contributed by atoms with E-state index in [2.05, 4.69) is 5.32 Å². The van der Waals surface area contributed by atoms with Crippen LogP contribution in [0.25, 0.3) is 0 Å². The third kappa shape index (κ3) is 6.28. The molecule has 0 aliphatic carbocycles. The Labute approximate surface area is 167 Å². The van der Waals surface area contributed by atoms with Gasteiger partial charge in [-0.25, -0.2) is 4.79 Å². The lowest BCUT2D eigenvalue weighted by atomic mass is 10.1. The van der Waals surface area contributed by atoms with Crippen LogP contribution < -0.4 is 10.1 Å². The van der Waals surface area contributed by atoms with Gasteiger partial charge in [0, 0.05) is 16.3 Å². The lowest BCUT2D eigenvalue weighted by Crippen LogP contribution is -2.21. The minimum atomic E-state index is -0.589. The molecule has 7 nitrogen and oxygen atoms in total. The number of halogens is 1. The summed E-state index contributed by atoms with van der Waals surface area (Å²) in [7, 11) is 1.48. The Morgan fingerprint density at radius 3 is 2.39 bits per heavy atom. The third-order valence-electron chi connectivity index (χ3n) is 3.62. The van der Waals surface area contributed by atoms with E-state index >= 15 is 0 Å². The van der Waals surface area contributed by atoms with Crippen molar-refractivity contribution in [1.29, 1.82) is 0 Å². The van der Waals surface area contributed by atoms with Crippen molar-refractivity contribution in [3.8, 4) is 5.75 Å². The van der Waals surface area contributed by atoms with E-state index in [-0.39, 0.29) is 13.0 Å². The molecule has 0 radical (unpaired) electrons. The summed E-state index contributed by atoms with van der Waals surface area (Å²) in [6, 6.07) is 11.1. The molecule has 0 saturated heterocycles. The predicted molar refractivity (Wildman–Crippen MR) is 104 cm³/mol. The molecule has 148 valence electrons. The van der Waals surface area contributed by atoms with Gasteiger partial charge in [-0.1, -0.05) is 11.6 Å². The predicted octanol–water partition coefficient (Wildman–Crippen LogP) is 3.25. The molecule has 0 heterocycles. The molecule has 0 fully saturated rings. The lowest BCUT2D eigenvalue weighted by molar-refractivity contribution is -0.146. The molecule has 1 amide bonds. The zero-order valence-electron chi connectivity index (χ0n) is 15.5. The number of esters is 2. The van der Waals surface area contributed by atoms with E-state index in [9.17, 15) is 14.4 Å². The Bertz CT molecular complexity index is 850. The average molecular weight is 406 g/mol. The quantitative estimate of drug-likeness (QED) is 0.678. The van der Waals surface area contributed by atoms with E-state index in [1.807, 2.05) is 0 Å². The van der Waals surface area contributed by atoms with Gasteiger partial charge < -0.3 is 19.5 Å². The number of nitrogens with one attached hydrogen (secondary N) is 1. The summed E-state index contributed by atoms with van der Waals surface area (Å²) in [6.07, 6.45) is -0.0781. The van der Waals surface area contributed by atoms with Gasteiger partial charge in [-0.15, -0.1) is 0 Å². The van der Waals surface area contributed by atoms with Crippen LogP contribution in [0.4, 0.5) is 5.69 Å². The smallest absolute Gasteiger partial charge is 0.338 e. The molecule has 2 aromatic carbocycles. The number of carbonyl (C=O) groups is 3. The van der Waals surface area contributed by atoms with Crippen molar-refractivity contribution in [2.45, 2.75) is 13.3 Å². The molecule has 0 aromatic heterocycles. The molecule has 2 rings (SSSR count). The van der Waals surface area contributed by atoms with Gasteiger partial charge in [0.15, 0.2) is 6.61 Å². The van der Waals surface area contributed by atoms with Crippen LogP contribution in [0.2, 0.25) is 5.02 Å². The van der Waals surface area contributed by atoms with Crippen molar-refractivity contribution in [3.05, 3.63) is 58.6 Å². The molecule has 28 heavy (non-hydrogen) atoms. The molecule has 8 heteroatoms. The van der Waals surface area contributed by atoms with Gasteiger partial charge in [0.25, 0.3) is 5.91 Å². The van der Waals surface area contributed by atoms with E-state index < -0.39 is 24.5 Å². The van der Waals surface area contributed by atoms with Crippen molar-refractivity contribution < 1.29 is 28.6 Å². The maximum absolute atomic E-state index is 12.0. The first-order chi connectivity index (χ1) is 13.4. The molecule has 0 saturated carbocycles. The normalized spacial score (nSPS) is 10.1. The van der Waals surface area contributed by atoms with E-state index in [0.717, 1.165) is 0 Å². The Balaban J connectivity index is 1.84. The first-order valence-corrected chi connectivity index (χ1v) is 8.85. The number of carbonyl (C=O) groups excluding carboxylic acids is 3. The number of methoxy groups -OCH3 is 1. The number of amides is 1. The minimum Gasteiger partial charge on any atom is -0.496 e. The number of rotatable bonds is 8. The molecule has 1 N–H and O–H groups in total. The van der Waals surface area contributed by atoms with Crippen molar-refractivity contribution in [3.63, 3.8) is 0 Å². The van der Waals surface area contributed by atoms with Gasteiger partial charge in [0.05, 0.1) is 25.7 Å². The zero-order valence-corrected chi connectivity index (χ0v) is 16.2. The third-order valence-corrected chi connectivity index (χ3v) is 3.86. The SMILES string of the molecule is CCOC(=O)c1ccc(NC(=O)COC(=O)Cc2cc(Cl)ccc2OC)cc1. The summed E-state index contributed by atoms with van der Waals surface area (Å²) in [4.78, 5) is 35.5. The van der Waals surface area contributed by atoms with Crippen LogP contribution in [0.5, 0.6) is 5.75 Å². The summed E-state index contributed by atoms with van der Waals surface area (Å²) >= 11 is 5.92. The fourth-order valence-electron chi connectivity index (χ4n) is 2.34. The van der Waals surface area contributed by atoms with E-state index in [1.54, 1.807) is 37.3 Å². The summed E-state index contributed by atoms with van der Waals surface area (Å²) in [5, 5.41) is 3.04. The fraction of sp³-hybridized carbons (Fsp3) is 0.250. The maximum atomic E-state index is 12.0. The minimum absolute atomic E-state index is 0.0781. The van der Waals surface area contributed by atoms with Gasteiger partial charge >= 0.3 is 11.9 Å². The highest BCUT2D eigenvalue weighted by Gasteiger charge is 2.13. The lowest BCUT2D eigenvalue weighted by Gasteiger charge is -2.10. The van der Waals surface area contributed by atoms with Gasteiger partial charge in [-0.3, -0.25) is 9.59 Å². The second-order valence-corrected chi connectivity index (χ2v) is 6.08.